The van der Waals surface area contributed by atoms with Crippen molar-refractivity contribution in [3.05, 3.63) is 47.5 Å². The van der Waals surface area contributed by atoms with E-state index in [-0.39, 0.29) is 0 Å². The third-order valence-corrected chi connectivity index (χ3v) is 3.59. The molecular formula is C14H17N7. The average Bonchev–Trinajstić information content (AvgIpc) is 3.08. The average molecular weight is 283 g/mol. The minimum Gasteiger partial charge on any atom is -0.381 e. The van der Waals surface area contributed by atoms with Crippen molar-refractivity contribution in [2.24, 2.45) is 7.05 Å². The standard InChI is InChI=1S/C14H17N7/c1-10-14(11(2)20(3)17-10)8-15-12-5-4-6-13(7-12)21-9-16-18-19-21/h4-7,9,15H,8H2,1-3H3. The van der Waals surface area contributed by atoms with Gasteiger partial charge in [0.05, 0.1) is 11.4 Å². The van der Waals surface area contributed by atoms with E-state index in [4.69, 9.17) is 0 Å². The largest absolute Gasteiger partial charge is 0.381 e. The van der Waals surface area contributed by atoms with Crippen LogP contribution in [0.25, 0.3) is 5.69 Å². The first kappa shape index (κ1) is 13.3. The fourth-order valence-electron chi connectivity index (χ4n) is 2.30. The summed E-state index contributed by atoms with van der Waals surface area (Å²) >= 11 is 0. The van der Waals surface area contributed by atoms with E-state index in [0.717, 1.165) is 23.6 Å². The zero-order valence-electron chi connectivity index (χ0n) is 12.3. The molecule has 0 bridgehead atoms. The van der Waals surface area contributed by atoms with Gasteiger partial charge in [0.2, 0.25) is 0 Å². The van der Waals surface area contributed by atoms with Crippen molar-refractivity contribution in [1.29, 1.82) is 0 Å². The molecule has 0 aliphatic heterocycles. The summed E-state index contributed by atoms with van der Waals surface area (Å²) in [7, 11) is 1.96. The third kappa shape index (κ3) is 2.62. The molecule has 1 N–H and O–H groups in total. The van der Waals surface area contributed by atoms with Crippen LogP contribution < -0.4 is 5.32 Å². The molecule has 2 aromatic heterocycles. The molecule has 1 aromatic carbocycles. The molecule has 3 rings (SSSR count). The Balaban J connectivity index is 1.78. The lowest BCUT2D eigenvalue weighted by Crippen LogP contribution is -2.03. The van der Waals surface area contributed by atoms with Gasteiger partial charge < -0.3 is 5.32 Å². The molecule has 0 saturated heterocycles. The summed E-state index contributed by atoms with van der Waals surface area (Å²) < 4.78 is 3.54. The van der Waals surface area contributed by atoms with E-state index in [9.17, 15) is 0 Å². The van der Waals surface area contributed by atoms with Gasteiger partial charge in [0.15, 0.2) is 0 Å². The highest BCUT2D eigenvalue weighted by atomic mass is 15.5. The molecule has 108 valence electrons. The second-order valence-electron chi connectivity index (χ2n) is 4.93. The van der Waals surface area contributed by atoms with Crippen LogP contribution in [-0.2, 0) is 13.6 Å². The van der Waals surface area contributed by atoms with Gasteiger partial charge in [0.25, 0.3) is 0 Å². The molecule has 0 atom stereocenters. The molecule has 0 saturated carbocycles. The number of anilines is 1. The maximum absolute atomic E-state index is 4.43. The number of rotatable bonds is 4. The van der Waals surface area contributed by atoms with Crippen LogP contribution in [0.1, 0.15) is 17.0 Å². The van der Waals surface area contributed by atoms with E-state index < -0.39 is 0 Å². The lowest BCUT2D eigenvalue weighted by Gasteiger charge is -2.08. The fraction of sp³-hybridized carbons (Fsp3) is 0.286. The van der Waals surface area contributed by atoms with Gasteiger partial charge in [-0.1, -0.05) is 6.07 Å². The van der Waals surface area contributed by atoms with Crippen LogP contribution in [0, 0.1) is 13.8 Å². The SMILES string of the molecule is Cc1nn(C)c(C)c1CNc1cccc(-n2cnnn2)c1. The number of hydrogen-bond acceptors (Lipinski definition) is 5. The second-order valence-corrected chi connectivity index (χ2v) is 4.93. The maximum atomic E-state index is 4.43. The van der Waals surface area contributed by atoms with Gasteiger partial charge in [-0.05, 0) is 42.5 Å². The summed E-state index contributed by atoms with van der Waals surface area (Å²) in [6.45, 7) is 4.85. The molecular weight excluding hydrogens is 266 g/mol. The Bertz CT molecular complexity index is 743. The van der Waals surface area contributed by atoms with Crippen molar-refractivity contribution >= 4 is 5.69 Å². The molecule has 0 aliphatic rings. The quantitative estimate of drug-likeness (QED) is 0.787. The van der Waals surface area contributed by atoms with Crippen molar-refractivity contribution in [2.75, 3.05) is 5.32 Å². The van der Waals surface area contributed by atoms with E-state index in [2.05, 4.69) is 32.9 Å². The highest BCUT2D eigenvalue weighted by Crippen LogP contribution is 2.17. The molecule has 7 heteroatoms. The van der Waals surface area contributed by atoms with Crippen LogP contribution in [-0.4, -0.2) is 30.0 Å². The van der Waals surface area contributed by atoms with Gasteiger partial charge in [0, 0.05) is 30.5 Å². The van der Waals surface area contributed by atoms with E-state index >= 15 is 0 Å². The summed E-state index contributed by atoms with van der Waals surface area (Å²) in [6, 6.07) is 7.97. The van der Waals surface area contributed by atoms with Crippen LogP contribution in [0.15, 0.2) is 30.6 Å². The first-order chi connectivity index (χ1) is 10.1. The lowest BCUT2D eigenvalue weighted by molar-refractivity contribution is 0.730. The number of hydrogen-bond donors (Lipinski definition) is 1. The minimum absolute atomic E-state index is 0.741. The lowest BCUT2D eigenvalue weighted by atomic mass is 10.2. The van der Waals surface area contributed by atoms with Gasteiger partial charge in [-0.2, -0.15) is 5.10 Å². The van der Waals surface area contributed by atoms with Crippen molar-refractivity contribution in [3.63, 3.8) is 0 Å². The predicted molar refractivity (Wildman–Crippen MR) is 79.2 cm³/mol. The zero-order chi connectivity index (χ0) is 14.8. The Labute approximate surface area is 122 Å². The van der Waals surface area contributed by atoms with Gasteiger partial charge in [-0.3, -0.25) is 4.68 Å². The Morgan fingerprint density at radius 3 is 2.76 bits per heavy atom. The monoisotopic (exact) mass is 283 g/mol. The Morgan fingerprint density at radius 1 is 1.24 bits per heavy atom. The summed E-state index contributed by atoms with van der Waals surface area (Å²) in [5, 5.41) is 19.0. The van der Waals surface area contributed by atoms with Crippen LogP contribution in [0.4, 0.5) is 5.69 Å². The third-order valence-electron chi connectivity index (χ3n) is 3.59. The summed E-state index contributed by atoms with van der Waals surface area (Å²) in [6.07, 6.45) is 1.58. The molecule has 2 heterocycles. The van der Waals surface area contributed by atoms with Crippen LogP contribution in [0.5, 0.6) is 0 Å². The number of benzene rings is 1. The topological polar surface area (TPSA) is 73.5 Å². The Kier molecular flexibility index (Phi) is 3.39. The number of nitrogens with zero attached hydrogens (tertiary/aromatic N) is 6. The number of tetrazole rings is 1. The van der Waals surface area contributed by atoms with Gasteiger partial charge in [-0.15, -0.1) is 5.10 Å². The van der Waals surface area contributed by atoms with Crippen molar-refractivity contribution in [1.82, 2.24) is 30.0 Å². The van der Waals surface area contributed by atoms with Crippen molar-refractivity contribution in [2.45, 2.75) is 20.4 Å². The fourth-order valence-corrected chi connectivity index (χ4v) is 2.30. The molecule has 7 nitrogen and oxygen atoms in total. The highest BCUT2D eigenvalue weighted by Gasteiger charge is 2.09. The second kappa shape index (κ2) is 5.35. The molecule has 21 heavy (non-hydrogen) atoms. The number of aromatic nitrogens is 6. The summed E-state index contributed by atoms with van der Waals surface area (Å²) in [5.74, 6) is 0. The van der Waals surface area contributed by atoms with Crippen LogP contribution in [0.2, 0.25) is 0 Å². The first-order valence-electron chi connectivity index (χ1n) is 6.71. The molecule has 0 spiro atoms. The van der Waals surface area contributed by atoms with Crippen LogP contribution >= 0.6 is 0 Å². The first-order valence-corrected chi connectivity index (χ1v) is 6.71. The Hall–Kier alpha value is -2.70. The van der Waals surface area contributed by atoms with Gasteiger partial charge >= 0.3 is 0 Å². The smallest absolute Gasteiger partial charge is 0.143 e. The van der Waals surface area contributed by atoms with E-state index in [0.29, 0.717) is 0 Å². The van der Waals surface area contributed by atoms with Crippen molar-refractivity contribution < 1.29 is 0 Å². The van der Waals surface area contributed by atoms with E-state index in [1.165, 1.54) is 11.3 Å². The minimum atomic E-state index is 0.741. The molecule has 0 fully saturated rings. The zero-order valence-corrected chi connectivity index (χ0v) is 12.3. The number of aryl methyl sites for hydroxylation is 2. The molecule has 0 radical (unpaired) electrons. The van der Waals surface area contributed by atoms with Gasteiger partial charge in [-0.25, -0.2) is 4.68 Å². The number of nitrogens with one attached hydrogen (secondary N) is 1. The summed E-state index contributed by atoms with van der Waals surface area (Å²) in [5.41, 5.74) is 5.40. The normalized spacial score (nSPS) is 10.8. The molecule has 3 aromatic rings. The van der Waals surface area contributed by atoms with Crippen molar-refractivity contribution in [3.8, 4) is 5.69 Å². The van der Waals surface area contributed by atoms with Crippen LogP contribution in [0.3, 0.4) is 0 Å². The molecule has 0 amide bonds. The summed E-state index contributed by atoms with van der Waals surface area (Å²) in [4.78, 5) is 0. The van der Waals surface area contributed by atoms with E-state index in [1.54, 1.807) is 11.0 Å². The van der Waals surface area contributed by atoms with Gasteiger partial charge in [0.1, 0.15) is 6.33 Å². The maximum Gasteiger partial charge on any atom is 0.143 e. The van der Waals surface area contributed by atoms with E-state index in [1.807, 2.05) is 42.9 Å². The molecule has 0 aliphatic carbocycles. The molecule has 0 unspecified atom stereocenters. The predicted octanol–water partition coefficient (Wildman–Crippen LogP) is 1.62. The Morgan fingerprint density at radius 2 is 2.10 bits per heavy atom. The highest BCUT2D eigenvalue weighted by molar-refractivity contribution is 5.51.